The van der Waals surface area contributed by atoms with Crippen LogP contribution in [0.1, 0.15) is 59.9 Å². The van der Waals surface area contributed by atoms with E-state index in [0.29, 0.717) is 6.42 Å². The molecule has 1 amide bonds. The lowest BCUT2D eigenvalue weighted by Crippen LogP contribution is -2.41. The van der Waals surface area contributed by atoms with Crippen molar-refractivity contribution in [3.05, 3.63) is 83.5 Å². The van der Waals surface area contributed by atoms with E-state index in [4.69, 9.17) is 22.1 Å². The second-order valence-electron chi connectivity index (χ2n) is 10.7. The van der Waals surface area contributed by atoms with Crippen LogP contribution >= 0.6 is 11.6 Å². The van der Waals surface area contributed by atoms with Gasteiger partial charge in [0, 0.05) is 28.7 Å². The first-order valence-electron chi connectivity index (χ1n) is 13.6. The number of primary amides is 1. The summed E-state index contributed by atoms with van der Waals surface area (Å²) < 4.78 is 5.37. The normalized spacial score (nSPS) is 18.9. The molecule has 212 valence electrons. The fourth-order valence-electron chi connectivity index (χ4n) is 4.99. The van der Waals surface area contributed by atoms with Crippen molar-refractivity contribution in [2.24, 2.45) is 35.3 Å². The highest BCUT2D eigenvalue weighted by molar-refractivity contribution is 6.30. The molecule has 38 heavy (non-hydrogen) atoms. The highest BCUT2D eigenvalue weighted by Gasteiger charge is 2.33. The number of aliphatic hydroxyl groups is 2. The number of halogens is 1. The number of allylic oxidation sites excluding steroid dienone is 4. The summed E-state index contributed by atoms with van der Waals surface area (Å²) in [5.74, 6) is -0.573. The maximum Gasteiger partial charge on any atom is 0.404 e. The number of nitrogens with two attached hydrogens (primary N) is 1. The van der Waals surface area contributed by atoms with Crippen molar-refractivity contribution in [2.75, 3.05) is 0 Å². The smallest absolute Gasteiger partial charge is 0.404 e. The van der Waals surface area contributed by atoms with Crippen LogP contribution in [0.3, 0.4) is 0 Å². The lowest BCUT2D eigenvalue weighted by molar-refractivity contribution is -0.0266. The van der Waals surface area contributed by atoms with Crippen molar-refractivity contribution < 1.29 is 19.7 Å². The standard InChI is InChI=1S/C32H48ClNO4/c1-8-9-13-23(4)31(38-32(34)37)26(7)30(36)25(6)19-21(2)18-24(5)29(35)22(3)14-10-11-15-27-16-12-17-28(33)20-27/h8-10,12-14,16-18,20,22-26,29-31,35-36H,1,11,15,19H2,2-7H3,(H2,34,37)/b13-9-,14-10-,21-18-/t22-,23-,24-,25-,26-,29-,30+,31-/m0/s1. The van der Waals surface area contributed by atoms with Crippen LogP contribution in [0.15, 0.2) is 72.9 Å². The summed E-state index contributed by atoms with van der Waals surface area (Å²) in [6, 6.07) is 7.88. The molecule has 5 nitrogen and oxygen atoms in total. The number of carbonyl (C=O) groups is 1. The summed E-state index contributed by atoms with van der Waals surface area (Å²) in [4.78, 5) is 11.5. The average molecular weight is 546 g/mol. The molecule has 8 atom stereocenters. The summed E-state index contributed by atoms with van der Waals surface area (Å²) in [6.45, 7) is 15.5. The fourth-order valence-corrected chi connectivity index (χ4v) is 5.21. The molecule has 0 aliphatic carbocycles. The van der Waals surface area contributed by atoms with Gasteiger partial charge in [0.05, 0.1) is 12.2 Å². The predicted octanol–water partition coefficient (Wildman–Crippen LogP) is 7.27. The molecule has 0 saturated heterocycles. The van der Waals surface area contributed by atoms with Crippen molar-refractivity contribution in [2.45, 2.75) is 79.1 Å². The molecule has 0 heterocycles. The molecule has 1 aromatic rings. The van der Waals surface area contributed by atoms with E-state index in [1.165, 1.54) is 5.56 Å². The molecule has 0 saturated carbocycles. The topological polar surface area (TPSA) is 92.8 Å². The molecule has 4 N–H and O–H groups in total. The molecule has 0 aliphatic heterocycles. The third-order valence-electron chi connectivity index (χ3n) is 7.16. The first-order chi connectivity index (χ1) is 17.9. The van der Waals surface area contributed by atoms with Gasteiger partial charge in [0.1, 0.15) is 6.10 Å². The zero-order valence-corrected chi connectivity index (χ0v) is 24.6. The highest BCUT2D eigenvalue weighted by atomic mass is 35.5. The zero-order chi connectivity index (χ0) is 28.8. The van der Waals surface area contributed by atoms with Crippen LogP contribution in [-0.2, 0) is 11.2 Å². The number of rotatable bonds is 16. The van der Waals surface area contributed by atoms with Crippen LogP contribution in [0.4, 0.5) is 4.79 Å². The predicted molar refractivity (Wildman–Crippen MR) is 159 cm³/mol. The van der Waals surface area contributed by atoms with Gasteiger partial charge in [-0.2, -0.15) is 0 Å². The number of ether oxygens (including phenoxy) is 1. The first kappa shape index (κ1) is 33.7. The van der Waals surface area contributed by atoms with Crippen molar-refractivity contribution in [1.82, 2.24) is 0 Å². The maximum absolute atomic E-state index is 11.5. The Balaban J connectivity index is 2.70. The molecular formula is C32H48ClNO4. The van der Waals surface area contributed by atoms with E-state index >= 15 is 0 Å². The number of hydrogen-bond donors (Lipinski definition) is 3. The molecule has 0 aromatic heterocycles. The van der Waals surface area contributed by atoms with Crippen LogP contribution < -0.4 is 5.73 Å². The van der Waals surface area contributed by atoms with Gasteiger partial charge in [-0.15, -0.1) is 0 Å². The summed E-state index contributed by atoms with van der Waals surface area (Å²) in [5.41, 5.74) is 7.60. The Bertz CT molecular complexity index is 957. The molecule has 0 aliphatic rings. The van der Waals surface area contributed by atoms with Gasteiger partial charge in [-0.05, 0) is 49.8 Å². The number of hydrogen-bond acceptors (Lipinski definition) is 4. The van der Waals surface area contributed by atoms with Crippen molar-refractivity contribution >= 4 is 17.7 Å². The van der Waals surface area contributed by atoms with Gasteiger partial charge in [0.25, 0.3) is 0 Å². The van der Waals surface area contributed by atoms with E-state index < -0.39 is 24.4 Å². The second kappa shape index (κ2) is 17.3. The van der Waals surface area contributed by atoms with Gasteiger partial charge in [-0.1, -0.05) is 107 Å². The maximum atomic E-state index is 11.5. The average Bonchev–Trinajstić information content (AvgIpc) is 2.86. The quantitative estimate of drug-likeness (QED) is 0.150. The number of benzene rings is 1. The van der Waals surface area contributed by atoms with Crippen molar-refractivity contribution in [1.29, 1.82) is 0 Å². The van der Waals surface area contributed by atoms with E-state index in [-0.39, 0.29) is 29.6 Å². The van der Waals surface area contributed by atoms with Gasteiger partial charge in [-0.3, -0.25) is 0 Å². The summed E-state index contributed by atoms with van der Waals surface area (Å²) in [7, 11) is 0. The minimum Gasteiger partial charge on any atom is -0.445 e. The summed E-state index contributed by atoms with van der Waals surface area (Å²) in [5, 5.41) is 22.7. The molecule has 0 fully saturated rings. The lowest BCUT2D eigenvalue weighted by atomic mass is 9.81. The molecule has 0 spiro atoms. The molecule has 0 unspecified atom stereocenters. The SMILES string of the molecule is C=C/C=C\[C@H](C)[C@H](OC(N)=O)[C@@H](C)[C@H](O)[C@@H](C)C/C(C)=C\[C@H](C)[C@@H](O)[C@@H](C)/C=C\CCc1cccc(Cl)c1. The van der Waals surface area contributed by atoms with Crippen LogP contribution in [0.25, 0.3) is 0 Å². The third-order valence-corrected chi connectivity index (χ3v) is 7.39. The Morgan fingerprint density at radius 2 is 1.76 bits per heavy atom. The van der Waals surface area contributed by atoms with Gasteiger partial charge < -0.3 is 20.7 Å². The van der Waals surface area contributed by atoms with Crippen LogP contribution in [-0.4, -0.2) is 34.6 Å². The lowest BCUT2D eigenvalue weighted by Gasteiger charge is -2.33. The summed E-state index contributed by atoms with van der Waals surface area (Å²) in [6.07, 6.45) is 11.4. The van der Waals surface area contributed by atoms with Gasteiger partial charge >= 0.3 is 6.09 Å². The van der Waals surface area contributed by atoms with Crippen LogP contribution in [0, 0.1) is 29.6 Å². The van der Waals surface area contributed by atoms with E-state index in [1.807, 2.05) is 65.8 Å². The molecule has 1 rings (SSSR count). The Morgan fingerprint density at radius 3 is 2.37 bits per heavy atom. The Morgan fingerprint density at radius 1 is 1.08 bits per heavy atom. The third kappa shape index (κ3) is 12.0. The minimum atomic E-state index is -0.855. The van der Waals surface area contributed by atoms with E-state index in [0.717, 1.165) is 23.4 Å². The van der Waals surface area contributed by atoms with E-state index in [9.17, 15) is 15.0 Å². The molecule has 1 aromatic carbocycles. The van der Waals surface area contributed by atoms with Crippen molar-refractivity contribution in [3.8, 4) is 0 Å². The van der Waals surface area contributed by atoms with Gasteiger partial charge in [0.15, 0.2) is 0 Å². The second-order valence-corrected chi connectivity index (χ2v) is 11.2. The van der Waals surface area contributed by atoms with Crippen LogP contribution in [0.2, 0.25) is 5.02 Å². The van der Waals surface area contributed by atoms with Crippen molar-refractivity contribution in [3.63, 3.8) is 0 Å². The molecule has 6 heteroatoms. The molecule has 0 radical (unpaired) electrons. The zero-order valence-electron chi connectivity index (χ0n) is 23.9. The Hall–Kier alpha value is -2.34. The monoisotopic (exact) mass is 545 g/mol. The number of amides is 1. The van der Waals surface area contributed by atoms with Gasteiger partial charge in [0.2, 0.25) is 0 Å². The number of carbonyl (C=O) groups excluding carboxylic acids is 1. The minimum absolute atomic E-state index is 0.00765. The largest absolute Gasteiger partial charge is 0.445 e. The Labute approximate surface area is 235 Å². The molecule has 0 bridgehead atoms. The number of aliphatic hydroxyl groups excluding tert-OH is 2. The number of aryl methyl sites for hydroxylation is 1. The summed E-state index contributed by atoms with van der Waals surface area (Å²) >= 11 is 6.05. The van der Waals surface area contributed by atoms with E-state index in [2.05, 4.69) is 30.9 Å². The first-order valence-corrected chi connectivity index (χ1v) is 13.9. The highest BCUT2D eigenvalue weighted by Crippen LogP contribution is 2.29. The van der Waals surface area contributed by atoms with E-state index in [1.54, 1.807) is 12.2 Å². The van der Waals surface area contributed by atoms with Crippen LogP contribution in [0.5, 0.6) is 0 Å². The van der Waals surface area contributed by atoms with Gasteiger partial charge in [-0.25, -0.2) is 4.79 Å². The Kier molecular flexibility index (Phi) is 15.3. The molecular weight excluding hydrogens is 498 g/mol. The fraction of sp³-hybridized carbons (Fsp3) is 0.531.